The fourth-order valence-electron chi connectivity index (χ4n) is 0.674. The number of thiophene rings is 1. The number of hydrogen-bond donors (Lipinski definition) is 0. The molecular formula is C9H7ClO2S. The Hall–Kier alpha value is -0.980. The number of carbonyl (C=O) groups is 1. The number of ether oxygens (including phenoxy) is 1. The van der Waals surface area contributed by atoms with Crippen LogP contribution < -0.4 is 0 Å². The third kappa shape index (κ3) is 3.10. The molecule has 0 unspecified atom stereocenters. The maximum absolute atomic E-state index is 11.2. The Labute approximate surface area is 85.5 Å². The molecule has 68 valence electrons. The molecule has 0 amide bonds. The predicted molar refractivity (Wildman–Crippen MR) is 53.1 cm³/mol. The Kier molecular flexibility index (Phi) is 3.81. The summed E-state index contributed by atoms with van der Waals surface area (Å²) in [5, 5.41) is 1.66. The van der Waals surface area contributed by atoms with E-state index >= 15 is 0 Å². The van der Waals surface area contributed by atoms with Gasteiger partial charge in [-0.2, -0.15) is 0 Å². The van der Waals surface area contributed by atoms with Gasteiger partial charge in [-0.3, -0.25) is 0 Å². The van der Waals surface area contributed by atoms with Gasteiger partial charge in [0.2, 0.25) is 0 Å². The minimum atomic E-state index is -0.383. The molecule has 1 aromatic rings. The third-order valence-corrected chi connectivity index (χ3v) is 2.35. The number of halogens is 1. The highest BCUT2D eigenvalue weighted by molar-refractivity contribution is 7.14. The first-order valence-corrected chi connectivity index (χ1v) is 4.80. The molecule has 1 rings (SSSR count). The van der Waals surface area contributed by atoms with Gasteiger partial charge in [-0.1, -0.05) is 17.5 Å². The number of hydrogen-bond acceptors (Lipinski definition) is 3. The zero-order chi connectivity index (χ0) is 9.68. The molecule has 0 bridgehead atoms. The summed E-state index contributed by atoms with van der Waals surface area (Å²) < 4.78 is 5.39. The van der Waals surface area contributed by atoms with E-state index < -0.39 is 0 Å². The fraction of sp³-hybridized carbons (Fsp3) is 0.222. The lowest BCUT2D eigenvalue weighted by Gasteiger charge is -1.95. The van der Waals surface area contributed by atoms with Crippen molar-refractivity contribution in [3.63, 3.8) is 0 Å². The van der Waals surface area contributed by atoms with Gasteiger partial charge in [-0.15, -0.1) is 17.3 Å². The molecule has 13 heavy (non-hydrogen) atoms. The summed E-state index contributed by atoms with van der Waals surface area (Å²) >= 11 is 6.95. The molecule has 0 aliphatic heterocycles. The maximum Gasteiger partial charge on any atom is 0.339 e. The van der Waals surface area contributed by atoms with E-state index in [-0.39, 0.29) is 12.6 Å². The van der Waals surface area contributed by atoms with Crippen LogP contribution in [0, 0.1) is 11.8 Å². The minimum absolute atomic E-state index is 0.128. The second-order valence-corrected chi connectivity index (χ2v) is 3.68. The topological polar surface area (TPSA) is 26.3 Å². The maximum atomic E-state index is 11.2. The van der Waals surface area contributed by atoms with Crippen LogP contribution in [0.3, 0.4) is 0 Å². The number of esters is 1. The highest BCUT2D eigenvalue weighted by Gasteiger charge is 2.07. The Balaban J connectivity index is 2.52. The van der Waals surface area contributed by atoms with E-state index in [2.05, 4.69) is 11.8 Å². The molecule has 0 spiro atoms. The van der Waals surface area contributed by atoms with Crippen molar-refractivity contribution in [2.45, 2.75) is 6.92 Å². The molecule has 0 fully saturated rings. The monoisotopic (exact) mass is 214 g/mol. The van der Waals surface area contributed by atoms with E-state index in [0.29, 0.717) is 9.90 Å². The molecule has 0 atom stereocenters. The van der Waals surface area contributed by atoms with Crippen molar-refractivity contribution in [1.29, 1.82) is 0 Å². The van der Waals surface area contributed by atoms with E-state index in [9.17, 15) is 4.79 Å². The SMILES string of the molecule is CC#CCOC(=O)c1csc(Cl)c1. The van der Waals surface area contributed by atoms with Gasteiger partial charge < -0.3 is 4.74 Å². The van der Waals surface area contributed by atoms with Gasteiger partial charge >= 0.3 is 5.97 Å². The minimum Gasteiger partial charge on any atom is -0.449 e. The van der Waals surface area contributed by atoms with Crippen LogP contribution in [0.15, 0.2) is 11.4 Å². The van der Waals surface area contributed by atoms with Crippen LogP contribution in [0.1, 0.15) is 17.3 Å². The highest BCUT2D eigenvalue weighted by atomic mass is 35.5. The van der Waals surface area contributed by atoms with Crippen molar-refractivity contribution in [2.75, 3.05) is 6.61 Å². The molecule has 1 aromatic heterocycles. The summed E-state index contributed by atoms with van der Waals surface area (Å²) in [6.45, 7) is 1.82. The Morgan fingerprint density at radius 1 is 1.77 bits per heavy atom. The Bertz CT molecular complexity index is 359. The number of carbonyl (C=O) groups excluding carboxylic acids is 1. The molecule has 2 nitrogen and oxygen atoms in total. The molecule has 0 N–H and O–H groups in total. The Morgan fingerprint density at radius 2 is 2.54 bits per heavy atom. The van der Waals surface area contributed by atoms with Gasteiger partial charge in [-0.25, -0.2) is 4.79 Å². The second kappa shape index (κ2) is 4.90. The first-order valence-electron chi connectivity index (χ1n) is 3.55. The molecule has 0 aliphatic rings. The zero-order valence-electron chi connectivity index (χ0n) is 6.96. The van der Waals surface area contributed by atoms with Crippen LogP contribution in [-0.2, 0) is 4.74 Å². The van der Waals surface area contributed by atoms with Crippen molar-refractivity contribution in [3.05, 3.63) is 21.3 Å². The van der Waals surface area contributed by atoms with E-state index in [1.54, 1.807) is 18.4 Å². The lowest BCUT2D eigenvalue weighted by Crippen LogP contribution is -2.03. The smallest absolute Gasteiger partial charge is 0.339 e. The van der Waals surface area contributed by atoms with E-state index in [1.165, 1.54) is 11.3 Å². The van der Waals surface area contributed by atoms with Gasteiger partial charge in [0, 0.05) is 5.38 Å². The van der Waals surface area contributed by atoms with Crippen molar-refractivity contribution in [2.24, 2.45) is 0 Å². The molecule has 0 aromatic carbocycles. The molecule has 0 aliphatic carbocycles. The summed E-state index contributed by atoms with van der Waals surface area (Å²) in [6.07, 6.45) is 0. The summed E-state index contributed by atoms with van der Waals surface area (Å²) in [6, 6.07) is 1.58. The molecule has 4 heteroatoms. The fourth-order valence-corrected chi connectivity index (χ4v) is 1.52. The van der Waals surface area contributed by atoms with Crippen LogP contribution in [-0.4, -0.2) is 12.6 Å². The van der Waals surface area contributed by atoms with Crippen molar-refractivity contribution in [3.8, 4) is 11.8 Å². The van der Waals surface area contributed by atoms with Crippen LogP contribution in [0.5, 0.6) is 0 Å². The van der Waals surface area contributed by atoms with Crippen LogP contribution in [0.25, 0.3) is 0 Å². The first-order chi connectivity index (χ1) is 6.24. The largest absolute Gasteiger partial charge is 0.449 e. The first kappa shape index (κ1) is 10.1. The summed E-state index contributed by atoms with van der Waals surface area (Å²) in [5.74, 6) is 4.88. The molecular weight excluding hydrogens is 208 g/mol. The standard InChI is InChI=1S/C9H7ClO2S/c1-2-3-4-12-9(11)7-5-8(10)13-6-7/h5-6H,4H2,1H3. The quantitative estimate of drug-likeness (QED) is 0.559. The average molecular weight is 215 g/mol. The number of rotatable bonds is 2. The second-order valence-electron chi connectivity index (χ2n) is 2.14. The molecule has 0 saturated heterocycles. The lowest BCUT2D eigenvalue weighted by atomic mass is 10.3. The van der Waals surface area contributed by atoms with E-state index in [4.69, 9.17) is 16.3 Å². The van der Waals surface area contributed by atoms with Crippen LogP contribution >= 0.6 is 22.9 Å². The van der Waals surface area contributed by atoms with Crippen LogP contribution in [0.4, 0.5) is 0 Å². The van der Waals surface area contributed by atoms with Gasteiger partial charge in [0.05, 0.1) is 9.90 Å². The lowest BCUT2D eigenvalue weighted by molar-refractivity contribution is 0.0557. The molecule has 0 radical (unpaired) electrons. The van der Waals surface area contributed by atoms with Crippen molar-refractivity contribution >= 4 is 28.9 Å². The average Bonchev–Trinajstić information content (AvgIpc) is 2.52. The predicted octanol–water partition coefficient (Wildman–Crippen LogP) is 2.58. The summed E-state index contributed by atoms with van der Waals surface area (Å²) in [7, 11) is 0. The Morgan fingerprint density at radius 3 is 3.08 bits per heavy atom. The van der Waals surface area contributed by atoms with Crippen molar-refractivity contribution < 1.29 is 9.53 Å². The molecule has 0 saturated carbocycles. The molecule has 1 heterocycles. The third-order valence-electron chi connectivity index (χ3n) is 1.26. The summed E-state index contributed by atoms with van der Waals surface area (Å²) in [5.41, 5.74) is 0.480. The highest BCUT2D eigenvalue weighted by Crippen LogP contribution is 2.20. The normalized spacial score (nSPS) is 8.77. The van der Waals surface area contributed by atoms with E-state index in [0.717, 1.165) is 0 Å². The van der Waals surface area contributed by atoms with E-state index in [1.807, 2.05) is 0 Å². The zero-order valence-corrected chi connectivity index (χ0v) is 8.54. The van der Waals surface area contributed by atoms with Crippen molar-refractivity contribution in [1.82, 2.24) is 0 Å². The summed E-state index contributed by atoms with van der Waals surface area (Å²) in [4.78, 5) is 11.2. The van der Waals surface area contributed by atoms with Gasteiger partial charge in [0.15, 0.2) is 6.61 Å². The van der Waals surface area contributed by atoms with Gasteiger partial charge in [0.1, 0.15) is 0 Å². The van der Waals surface area contributed by atoms with Gasteiger partial charge in [-0.05, 0) is 13.0 Å². The van der Waals surface area contributed by atoms with Gasteiger partial charge in [0.25, 0.3) is 0 Å². The van der Waals surface area contributed by atoms with Crippen LogP contribution in [0.2, 0.25) is 4.34 Å².